The minimum Gasteiger partial charge on any atom is -0.494 e. The standard InChI is InChI=1S/C18H25NO6/c20-16(19-13-17(21)22)7-5-3-1-2-4-6-12-25-15-10-8-14(9-11-15)18(23)24/h8-11H,1-7,12-13H2,(H,19,20)(H,21,22)(H,23,24). The summed E-state index contributed by atoms with van der Waals surface area (Å²) in [6, 6.07) is 6.34. The van der Waals surface area contributed by atoms with Crippen LogP contribution in [0, 0.1) is 0 Å². The van der Waals surface area contributed by atoms with Gasteiger partial charge in [0, 0.05) is 6.42 Å². The van der Waals surface area contributed by atoms with E-state index >= 15 is 0 Å². The molecular formula is C18H25NO6. The normalized spacial score (nSPS) is 10.2. The molecule has 1 amide bonds. The van der Waals surface area contributed by atoms with Crippen LogP contribution in [0.2, 0.25) is 0 Å². The molecule has 1 aromatic carbocycles. The van der Waals surface area contributed by atoms with Crippen molar-refractivity contribution in [3.63, 3.8) is 0 Å². The van der Waals surface area contributed by atoms with E-state index in [0.717, 1.165) is 38.5 Å². The first kappa shape index (κ1) is 20.5. The summed E-state index contributed by atoms with van der Waals surface area (Å²) in [5.41, 5.74) is 0.240. The van der Waals surface area contributed by atoms with Crippen molar-refractivity contribution in [1.29, 1.82) is 0 Å². The Labute approximate surface area is 147 Å². The molecule has 0 aliphatic heterocycles. The van der Waals surface area contributed by atoms with E-state index in [1.807, 2.05) is 0 Å². The van der Waals surface area contributed by atoms with Gasteiger partial charge in [0.2, 0.25) is 5.91 Å². The van der Waals surface area contributed by atoms with Gasteiger partial charge in [-0.05, 0) is 37.1 Å². The third-order valence-corrected chi connectivity index (χ3v) is 3.60. The van der Waals surface area contributed by atoms with E-state index < -0.39 is 11.9 Å². The lowest BCUT2D eigenvalue weighted by Gasteiger charge is -2.06. The number of carbonyl (C=O) groups excluding carboxylic acids is 1. The number of nitrogens with one attached hydrogen (secondary N) is 1. The highest BCUT2D eigenvalue weighted by molar-refractivity contribution is 5.87. The van der Waals surface area contributed by atoms with Gasteiger partial charge >= 0.3 is 11.9 Å². The summed E-state index contributed by atoms with van der Waals surface area (Å²) in [7, 11) is 0. The van der Waals surface area contributed by atoms with Gasteiger partial charge in [-0.3, -0.25) is 9.59 Å². The average molecular weight is 351 g/mol. The van der Waals surface area contributed by atoms with Crippen LogP contribution in [0.15, 0.2) is 24.3 Å². The van der Waals surface area contributed by atoms with Crippen molar-refractivity contribution in [2.75, 3.05) is 13.2 Å². The number of aliphatic carboxylic acids is 1. The molecular weight excluding hydrogens is 326 g/mol. The summed E-state index contributed by atoms with van der Waals surface area (Å²) >= 11 is 0. The van der Waals surface area contributed by atoms with Gasteiger partial charge in [0.1, 0.15) is 12.3 Å². The Bertz CT molecular complexity index is 555. The highest BCUT2D eigenvalue weighted by Crippen LogP contribution is 2.13. The third-order valence-electron chi connectivity index (χ3n) is 3.60. The van der Waals surface area contributed by atoms with E-state index in [1.54, 1.807) is 12.1 Å². The van der Waals surface area contributed by atoms with Gasteiger partial charge in [-0.15, -0.1) is 0 Å². The zero-order valence-corrected chi connectivity index (χ0v) is 14.2. The van der Waals surface area contributed by atoms with Gasteiger partial charge < -0.3 is 20.3 Å². The number of hydrogen-bond donors (Lipinski definition) is 3. The van der Waals surface area contributed by atoms with E-state index in [9.17, 15) is 14.4 Å². The molecule has 0 saturated heterocycles. The lowest BCUT2D eigenvalue weighted by Crippen LogP contribution is -2.28. The number of amides is 1. The molecule has 0 fully saturated rings. The van der Waals surface area contributed by atoms with Crippen molar-refractivity contribution in [1.82, 2.24) is 5.32 Å². The number of carboxylic acids is 2. The number of benzene rings is 1. The maximum atomic E-state index is 11.3. The van der Waals surface area contributed by atoms with Crippen LogP contribution in [0.1, 0.15) is 55.3 Å². The quantitative estimate of drug-likeness (QED) is 0.471. The molecule has 1 rings (SSSR count). The van der Waals surface area contributed by atoms with Crippen LogP contribution in [-0.2, 0) is 9.59 Å². The molecule has 0 spiro atoms. The van der Waals surface area contributed by atoms with Crippen molar-refractivity contribution >= 4 is 17.8 Å². The number of aromatic carboxylic acids is 1. The summed E-state index contributed by atoms with van der Waals surface area (Å²) < 4.78 is 5.55. The van der Waals surface area contributed by atoms with Gasteiger partial charge in [-0.2, -0.15) is 0 Å². The number of hydrogen-bond acceptors (Lipinski definition) is 4. The summed E-state index contributed by atoms with van der Waals surface area (Å²) in [5, 5.41) is 19.6. The van der Waals surface area contributed by atoms with Crippen molar-refractivity contribution in [3.05, 3.63) is 29.8 Å². The first-order valence-electron chi connectivity index (χ1n) is 8.43. The molecule has 0 unspecified atom stereocenters. The molecule has 0 bridgehead atoms. The number of rotatable bonds is 13. The Morgan fingerprint density at radius 3 is 2.08 bits per heavy atom. The van der Waals surface area contributed by atoms with Crippen LogP contribution in [0.3, 0.4) is 0 Å². The van der Waals surface area contributed by atoms with Crippen molar-refractivity contribution in [2.45, 2.75) is 44.9 Å². The second-order valence-corrected chi connectivity index (χ2v) is 5.72. The maximum absolute atomic E-state index is 11.3. The molecule has 1 aromatic rings. The summed E-state index contributed by atoms with van der Waals surface area (Å²) in [5.74, 6) is -1.54. The van der Waals surface area contributed by atoms with Gasteiger partial charge in [-0.1, -0.05) is 25.7 Å². The fraction of sp³-hybridized carbons (Fsp3) is 0.500. The predicted molar refractivity (Wildman–Crippen MR) is 91.9 cm³/mol. The summed E-state index contributed by atoms with van der Waals surface area (Å²) in [6.07, 6.45) is 6.09. The molecule has 0 aromatic heterocycles. The van der Waals surface area contributed by atoms with E-state index in [4.69, 9.17) is 14.9 Å². The summed E-state index contributed by atoms with van der Waals surface area (Å²) in [4.78, 5) is 32.3. The van der Waals surface area contributed by atoms with Crippen LogP contribution in [0.4, 0.5) is 0 Å². The molecule has 0 radical (unpaired) electrons. The molecule has 0 aliphatic rings. The topological polar surface area (TPSA) is 113 Å². The van der Waals surface area contributed by atoms with Crippen LogP contribution >= 0.6 is 0 Å². The minimum absolute atomic E-state index is 0.218. The number of carbonyl (C=O) groups is 3. The predicted octanol–water partition coefficient (Wildman–Crippen LogP) is 2.70. The molecule has 0 saturated carbocycles. The van der Waals surface area contributed by atoms with Crippen molar-refractivity contribution in [2.24, 2.45) is 0 Å². The van der Waals surface area contributed by atoms with Gasteiger partial charge in [0.25, 0.3) is 0 Å². The highest BCUT2D eigenvalue weighted by atomic mass is 16.5. The van der Waals surface area contributed by atoms with E-state index in [2.05, 4.69) is 5.32 Å². The van der Waals surface area contributed by atoms with E-state index in [-0.39, 0.29) is 18.0 Å². The zero-order chi connectivity index (χ0) is 18.5. The Kier molecular flexibility index (Phi) is 9.74. The third kappa shape index (κ3) is 10.0. The molecule has 7 nitrogen and oxygen atoms in total. The number of carboxylic acid groups (broad SMARTS) is 2. The molecule has 0 heterocycles. The van der Waals surface area contributed by atoms with Crippen LogP contribution in [0.25, 0.3) is 0 Å². The smallest absolute Gasteiger partial charge is 0.335 e. The fourth-order valence-corrected chi connectivity index (χ4v) is 2.24. The Morgan fingerprint density at radius 1 is 0.880 bits per heavy atom. The molecule has 0 aliphatic carbocycles. The van der Waals surface area contributed by atoms with Crippen LogP contribution < -0.4 is 10.1 Å². The number of unbranched alkanes of at least 4 members (excludes halogenated alkanes) is 5. The minimum atomic E-state index is -1.03. The Morgan fingerprint density at radius 2 is 1.48 bits per heavy atom. The van der Waals surface area contributed by atoms with Crippen LogP contribution in [0.5, 0.6) is 5.75 Å². The van der Waals surface area contributed by atoms with Gasteiger partial charge in [0.15, 0.2) is 0 Å². The largest absolute Gasteiger partial charge is 0.494 e. The Balaban J connectivity index is 1.96. The highest BCUT2D eigenvalue weighted by Gasteiger charge is 2.04. The molecule has 0 atom stereocenters. The average Bonchev–Trinajstić information content (AvgIpc) is 2.58. The Hall–Kier alpha value is -2.57. The zero-order valence-electron chi connectivity index (χ0n) is 14.2. The van der Waals surface area contributed by atoms with E-state index in [0.29, 0.717) is 18.8 Å². The summed E-state index contributed by atoms with van der Waals surface area (Å²) in [6.45, 7) is 0.266. The van der Waals surface area contributed by atoms with Crippen LogP contribution in [-0.4, -0.2) is 41.2 Å². The second-order valence-electron chi connectivity index (χ2n) is 5.72. The van der Waals surface area contributed by atoms with Gasteiger partial charge in [0.05, 0.1) is 12.2 Å². The number of ether oxygens (including phenoxy) is 1. The molecule has 138 valence electrons. The molecule has 7 heteroatoms. The lowest BCUT2D eigenvalue weighted by molar-refractivity contribution is -0.137. The molecule has 3 N–H and O–H groups in total. The maximum Gasteiger partial charge on any atom is 0.335 e. The first-order valence-corrected chi connectivity index (χ1v) is 8.43. The van der Waals surface area contributed by atoms with Crippen molar-refractivity contribution < 1.29 is 29.3 Å². The lowest BCUT2D eigenvalue weighted by atomic mass is 10.1. The first-order chi connectivity index (χ1) is 12.0. The molecule has 25 heavy (non-hydrogen) atoms. The van der Waals surface area contributed by atoms with Gasteiger partial charge in [-0.25, -0.2) is 4.79 Å². The second kappa shape index (κ2) is 11.9. The monoisotopic (exact) mass is 351 g/mol. The SMILES string of the molecule is O=C(O)CNC(=O)CCCCCCCCOc1ccc(C(=O)O)cc1. The fourth-order valence-electron chi connectivity index (χ4n) is 2.24. The van der Waals surface area contributed by atoms with Crippen molar-refractivity contribution in [3.8, 4) is 5.75 Å². The van der Waals surface area contributed by atoms with E-state index in [1.165, 1.54) is 12.1 Å².